The van der Waals surface area contributed by atoms with Crippen LogP contribution in [0.15, 0.2) is 18.3 Å². The lowest BCUT2D eigenvalue weighted by Crippen LogP contribution is -2.15. The van der Waals surface area contributed by atoms with Crippen molar-refractivity contribution < 1.29 is 9.84 Å². The molecule has 1 atom stereocenters. The van der Waals surface area contributed by atoms with E-state index < -0.39 is 0 Å². The van der Waals surface area contributed by atoms with E-state index >= 15 is 0 Å². The average Bonchev–Trinajstić information content (AvgIpc) is 2.17. The highest BCUT2D eigenvalue weighted by atomic mass is 16.5. The highest BCUT2D eigenvalue weighted by Gasteiger charge is 1.97. The first-order valence-electron chi connectivity index (χ1n) is 4.73. The predicted molar refractivity (Wildman–Crippen MR) is 55.6 cm³/mol. The van der Waals surface area contributed by atoms with Gasteiger partial charge in [-0.05, 0) is 19.9 Å². The maximum atomic E-state index is 9.04. The predicted octanol–water partition coefficient (Wildman–Crippen LogP) is 1.27. The number of aromatic nitrogens is 1. The van der Waals surface area contributed by atoms with Gasteiger partial charge in [0.05, 0.1) is 24.6 Å². The van der Waals surface area contributed by atoms with Gasteiger partial charge in [-0.15, -0.1) is 0 Å². The summed E-state index contributed by atoms with van der Waals surface area (Å²) in [4.78, 5) is 4.08. The van der Waals surface area contributed by atoms with Crippen LogP contribution in [0.25, 0.3) is 0 Å². The van der Waals surface area contributed by atoms with Gasteiger partial charge in [0.1, 0.15) is 0 Å². The third kappa shape index (κ3) is 3.62. The fraction of sp³-hybridized carbons (Fsp3) is 0.500. The van der Waals surface area contributed by atoms with Crippen LogP contribution in [-0.2, 0) is 0 Å². The first-order valence-corrected chi connectivity index (χ1v) is 4.73. The second-order valence-electron chi connectivity index (χ2n) is 3.05. The molecule has 0 aliphatic carbocycles. The summed E-state index contributed by atoms with van der Waals surface area (Å²) in [5.41, 5.74) is 0.884. The first-order chi connectivity index (χ1) is 6.72. The number of ether oxygens (including phenoxy) is 1. The van der Waals surface area contributed by atoms with Crippen LogP contribution >= 0.6 is 0 Å². The summed E-state index contributed by atoms with van der Waals surface area (Å²) in [6, 6.07) is 3.67. The van der Waals surface area contributed by atoms with Crippen molar-refractivity contribution in [2.75, 3.05) is 18.5 Å². The zero-order valence-electron chi connectivity index (χ0n) is 8.53. The molecule has 0 amide bonds. The fourth-order valence-corrected chi connectivity index (χ4v) is 0.984. The molecule has 1 rings (SSSR count). The molecule has 0 bridgehead atoms. The molecule has 1 aromatic rings. The van der Waals surface area contributed by atoms with Gasteiger partial charge >= 0.3 is 0 Å². The number of nitrogens with zero attached hydrogens (tertiary/aromatic N) is 1. The molecule has 0 saturated carbocycles. The van der Waals surface area contributed by atoms with Gasteiger partial charge in [0.2, 0.25) is 5.88 Å². The molecule has 0 radical (unpaired) electrons. The molecule has 2 N–H and O–H groups in total. The van der Waals surface area contributed by atoms with Crippen molar-refractivity contribution >= 4 is 5.69 Å². The van der Waals surface area contributed by atoms with Crippen molar-refractivity contribution in [1.82, 2.24) is 4.98 Å². The molecule has 4 nitrogen and oxygen atoms in total. The monoisotopic (exact) mass is 196 g/mol. The van der Waals surface area contributed by atoms with Crippen LogP contribution in [0.5, 0.6) is 5.88 Å². The van der Waals surface area contributed by atoms with Crippen molar-refractivity contribution in [3.63, 3.8) is 0 Å². The first kappa shape index (κ1) is 10.8. The average molecular weight is 196 g/mol. The summed E-state index contributed by atoms with van der Waals surface area (Å²) in [5, 5.41) is 12.1. The number of anilines is 1. The number of pyridine rings is 1. The molecule has 4 heteroatoms. The van der Waals surface area contributed by atoms with E-state index in [1.54, 1.807) is 19.2 Å². The van der Waals surface area contributed by atoms with Crippen molar-refractivity contribution in [3.8, 4) is 5.88 Å². The minimum atomic E-state index is -0.360. The Morgan fingerprint density at radius 1 is 1.57 bits per heavy atom. The maximum Gasteiger partial charge on any atom is 0.213 e. The van der Waals surface area contributed by atoms with Gasteiger partial charge in [-0.25, -0.2) is 4.98 Å². The second kappa shape index (κ2) is 5.44. The van der Waals surface area contributed by atoms with Crippen LogP contribution in [0.4, 0.5) is 5.69 Å². The molecule has 1 heterocycles. The largest absolute Gasteiger partial charge is 0.478 e. The third-order valence-corrected chi connectivity index (χ3v) is 1.63. The SMILES string of the molecule is CCOc1ccc(NC[C@H](C)O)cn1. The van der Waals surface area contributed by atoms with Crippen LogP contribution in [0, 0.1) is 0 Å². The number of rotatable bonds is 5. The Morgan fingerprint density at radius 2 is 2.36 bits per heavy atom. The van der Waals surface area contributed by atoms with Gasteiger partial charge in [-0.2, -0.15) is 0 Å². The molecular formula is C10H16N2O2. The number of aliphatic hydroxyl groups excluding tert-OH is 1. The number of hydrogen-bond acceptors (Lipinski definition) is 4. The van der Waals surface area contributed by atoms with Crippen LogP contribution in [0.3, 0.4) is 0 Å². The molecule has 14 heavy (non-hydrogen) atoms. The molecule has 0 aliphatic heterocycles. The summed E-state index contributed by atoms with van der Waals surface area (Å²) in [5.74, 6) is 0.620. The van der Waals surface area contributed by atoms with E-state index in [-0.39, 0.29) is 6.10 Å². The van der Waals surface area contributed by atoms with E-state index in [2.05, 4.69) is 10.3 Å². The molecule has 0 fully saturated rings. The lowest BCUT2D eigenvalue weighted by Gasteiger charge is -2.08. The highest BCUT2D eigenvalue weighted by Crippen LogP contribution is 2.11. The maximum absolute atomic E-state index is 9.04. The number of aliphatic hydroxyl groups is 1. The minimum Gasteiger partial charge on any atom is -0.478 e. The Hall–Kier alpha value is -1.29. The lowest BCUT2D eigenvalue weighted by molar-refractivity contribution is 0.208. The van der Waals surface area contributed by atoms with Gasteiger partial charge in [0.15, 0.2) is 0 Å². The molecule has 0 saturated heterocycles. The zero-order valence-corrected chi connectivity index (χ0v) is 8.53. The van der Waals surface area contributed by atoms with Gasteiger partial charge in [0.25, 0.3) is 0 Å². The van der Waals surface area contributed by atoms with Gasteiger partial charge in [-0.1, -0.05) is 0 Å². The van der Waals surface area contributed by atoms with E-state index in [1.165, 1.54) is 0 Å². The van der Waals surface area contributed by atoms with Crippen LogP contribution in [-0.4, -0.2) is 29.3 Å². The van der Waals surface area contributed by atoms with Gasteiger partial charge in [0, 0.05) is 12.6 Å². The number of hydrogen-bond donors (Lipinski definition) is 2. The molecule has 78 valence electrons. The molecule has 1 aromatic heterocycles. The Kier molecular flexibility index (Phi) is 4.19. The molecule has 0 aliphatic rings. The quantitative estimate of drug-likeness (QED) is 0.744. The Labute approximate surface area is 83.9 Å². The topological polar surface area (TPSA) is 54.4 Å². The molecular weight excluding hydrogens is 180 g/mol. The summed E-state index contributed by atoms with van der Waals surface area (Å²) in [7, 11) is 0. The summed E-state index contributed by atoms with van der Waals surface area (Å²) >= 11 is 0. The number of nitrogens with one attached hydrogen (secondary N) is 1. The molecule has 0 unspecified atom stereocenters. The summed E-state index contributed by atoms with van der Waals surface area (Å²) < 4.78 is 5.20. The Morgan fingerprint density at radius 3 is 2.86 bits per heavy atom. The zero-order chi connectivity index (χ0) is 10.4. The fourth-order valence-electron chi connectivity index (χ4n) is 0.984. The second-order valence-corrected chi connectivity index (χ2v) is 3.05. The molecule has 0 aromatic carbocycles. The van der Waals surface area contributed by atoms with E-state index in [0.29, 0.717) is 19.0 Å². The Balaban J connectivity index is 2.46. The third-order valence-electron chi connectivity index (χ3n) is 1.63. The normalized spacial score (nSPS) is 12.2. The standard InChI is InChI=1S/C10H16N2O2/c1-3-14-10-5-4-9(7-12-10)11-6-8(2)13/h4-5,7-8,11,13H,3,6H2,1-2H3/t8-/m0/s1. The van der Waals surface area contributed by atoms with Gasteiger partial charge < -0.3 is 15.2 Å². The van der Waals surface area contributed by atoms with Crippen molar-refractivity contribution in [3.05, 3.63) is 18.3 Å². The van der Waals surface area contributed by atoms with Crippen molar-refractivity contribution in [2.45, 2.75) is 20.0 Å². The molecule has 0 spiro atoms. The highest BCUT2D eigenvalue weighted by molar-refractivity contribution is 5.41. The van der Waals surface area contributed by atoms with E-state index in [0.717, 1.165) is 5.69 Å². The van der Waals surface area contributed by atoms with Crippen molar-refractivity contribution in [2.24, 2.45) is 0 Å². The van der Waals surface area contributed by atoms with Crippen molar-refractivity contribution in [1.29, 1.82) is 0 Å². The van der Waals surface area contributed by atoms with E-state index in [9.17, 15) is 0 Å². The summed E-state index contributed by atoms with van der Waals surface area (Å²) in [6.45, 7) is 4.79. The minimum absolute atomic E-state index is 0.360. The van der Waals surface area contributed by atoms with Crippen LogP contribution in [0.2, 0.25) is 0 Å². The Bertz CT molecular complexity index is 259. The van der Waals surface area contributed by atoms with Crippen LogP contribution in [0.1, 0.15) is 13.8 Å². The summed E-state index contributed by atoms with van der Waals surface area (Å²) in [6.07, 6.45) is 1.33. The lowest BCUT2D eigenvalue weighted by atomic mass is 10.3. The smallest absolute Gasteiger partial charge is 0.213 e. The van der Waals surface area contributed by atoms with E-state index in [4.69, 9.17) is 9.84 Å². The van der Waals surface area contributed by atoms with Crippen LogP contribution < -0.4 is 10.1 Å². The van der Waals surface area contributed by atoms with E-state index in [1.807, 2.05) is 13.0 Å². The van der Waals surface area contributed by atoms with Gasteiger partial charge in [-0.3, -0.25) is 0 Å².